The molecule has 0 aliphatic carbocycles. The number of aromatic nitrogens is 3. The normalized spacial score (nSPS) is 20.6. The van der Waals surface area contributed by atoms with E-state index >= 15 is 0 Å². The highest BCUT2D eigenvalue weighted by atomic mass is 16.4. The van der Waals surface area contributed by atoms with E-state index in [1.165, 1.54) is 17.3 Å². The van der Waals surface area contributed by atoms with Gasteiger partial charge >= 0.3 is 5.97 Å². The molecule has 2 rings (SSSR count). The number of hydrogen-bond acceptors (Lipinski definition) is 4. The maximum Gasteiger partial charge on any atom is 0.303 e. The molecule has 2 heterocycles. The minimum atomic E-state index is -0.774. The number of carboxylic acids is 1. The van der Waals surface area contributed by atoms with E-state index in [1.807, 2.05) is 11.8 Å². The molecule has 1 saturated heterocycles. The summed E-state index contributed by atoms with van der Waals surface area (Å²) in [6, 6.07) is 0. The lowest BCUT2D eigenvalue weighted by Gasteiger charge is -2.35. The van der Waals surface area contributed by atoms with E-state index in [1.54, 1.807) is 0 Å². The summed E-state index contributed by atoms with van der Waals surface area (Å²) in [5.74, 6) is -0.402. The Morgan fingerprint density at radius 3 is 2.95 bits per heavy atom. The van der Waals surface area contributed by atoms with Crippen LogP contribution in [0.1, 0.15) is 26.2 Å². The lowest BCUT2D eigenvalue weighted by Crippen LogP contribution is -2.43. The van der Waals surface area contributed by atoms with E-state index in [0.717, 1.165) is 19.4 Å². The summed E-state index contributed by atoms with van der Waals surface area (Å²) in [7, 11) is 0. The Bertz CT molecular complexity index is 460. The van der Waals surface area contributed by atoms with Gasteiger partial charge in [0.1, 0.15) is 19.2 Å². The van der Waals surface area contributed by atoms with Gasteiger partial charge in [0.05, 0.1) is 0 Å². The van der Waals surface area contributed by atoms with Crippen molar-refractivity contribution in [3.05, 3.63) is 12.7 Å². The second kappa shape index (κ2) is 6.49. The molecule has 2 unspecified atom stereocenters. The van der Waals surface area contributed by atoms with Crippen LogP contribution in [0.2, 0.25) is 0 Å². The number of rotatable bonds is 5. The van der Waals surface area contributed by atoms with E-state index in [9.17, 15) is 9.59 Å². The molecule has 0 saturated carbocycles. The van der Waals surface area contributed by atoms with Crippen LogP contribution >= 0.6 is 0 Å². The zero-order valence-electron chi connectivity index (χ0n) is 11.6. The van der Waals surface area contributed by atoms with Crippen LogP contribution in [0.25, 0.3) is 0 Å². The highest BCUT2D eigenvalue weighted by Crippen LogP contribution is 2.26. The number of aliphatic carboxylic acids is 1. The average molecular weight is 280 g/mol. The molecule has 110 valence electrons. The molecule has 0 radical (unpaired) electrons. The van der Waals surface area contributed by atoms with E-state index in [4.69, 9.17) is 5.11 Å². The van der Waals surface area contributed by atoms with E-state index in [-0.39, 0.29) is 30.7 Å². The third kappa shape index (κ3) is 3.79. The van der Waals surface area contributed by atoms with Gasteiger partial charge in [0.2, 0.25) is 5.91 Å². The van der Waals surface area contributed by atoms with Crippen molar-refractivity contribution >= 4 is 11.9 Å². The molecular formula is C13H20N4O3. The third-order valence-corrected chi connectivity index (χ3v) is 3.88. The van der Waals surface area contributed by atoms with Crippen LogP contribution in [0.15, 0.2) is 12.7 Å². The van der Waals surface area contributed by atoms with Gasteiger partial charge in [-0.3, -0.25) is 9.59 Å². The molecule has 0 bridgehead atoms. The summed E-state index contributed by atoms with van der Waals surface area (Å²) in [5, 5.41) is 12.8. The first-order valence-electron chi connectivity index (χ1n) is 6.88. The first kappa shape index (κ1) is 14.5. The fourth-order valence-electron chi connectivity index (χ4n) is 2.70. The molecule has 1 fully saturated rings. The molecule has 7 heteroatoms. The summed E-state index contributed by atoms with van der Waals surface area (Å²) in [4.78, 5) is 28.6. The van der Waals surface area contributed by atoms with Crippen molar-refractivity contribution in [1.82, 2.24) is 19.7 Å². The Hall–Kier alpha value is -1.92. The Morgan fingerprint density at radius 2 is 2.30 bits per heavy atom. The maximum atomic E-state index is 12.2. The van der Waals surface area contributed by atoms with Crippen molar-refractivity contribution in [3.63, 3.8) is 0 Å². The second-order valence-corrected chi connectivity index (χ2v) is 5.41. The standard InChI is InChI=1S/C13H20N4O3/c1-10(5-13(19)20)11-3-2-4-16(6-11)12(18)7-17-9-14-8-15-17/h8-11H,2-7H2,1H3,(H,19,20). The minimum absolute atomic E-state index is 0.0164. The molecule has 1 aromatic heterocycles. The molecule has 1 aliphatic rings. The quantitative estimate of drug-likeness (QED) is 0.854. The van der Waals surface area contributed by atoms with Crippen molar-refractivity contribution < 1.29 is 14.7 Å². The summed E-state index contributed by atoms with van der Waals surface area (Å²) < 4.78 is 1.51. The first-order chi connectivity index (χ1) is 9.56. The van der Waals surface area contributed by atoms with Gasteiger partial charge in [0.15, 0.2) is 0 Å². The zero-order valence-corrected chi connectivity index (χ0v) is 11.6. The Balaban J connectivity index is 1.89. The lowest BCUT2D eigenvalue weighted by atomic mass is 9.84. The van der Waals surface area contributed by atoms with Gasteiger partial charge < -0.3 is 10.0 Å². The fraction of sp³-hybridized carbons (Fsp3) is 0.692. The van der Waals surface area contributed by atoms with Gasteiger partial charge in [-0.25, -0.2) is 9.67 Å². The molecule has 0 aromatic carbocycles. The number of carboxylic acid groups (broad SMARTS) is 1. The number of carbonyl (C=O) groups excluding carboxylic acids is 1. The predicted octanol–water partition coefficient (Wildman–Crippen LogP) is 0.627. The molecule has 7 nitrogen and oxygen atoms in total. The van der Waals surface area contributed by atoms with Gasteiger partial charge in [0, 0.05) is 19.5 Å². The SMILES string of the molecule is CC(CC(=O)O)C1CCCN(C(=O)Cn2cncn2)C1. The summed E-state index contributed by atoms with van der Waals surface area (Å²) in [6.07, 6.45) is 5.00. The lowest BCUT2D eigenvalue weighted by molar-refractivity contribution is -0.138. The number of hydrogen-bond donors (Lipinski definition) is 1. The van der Waals surface area contributed by atoms with Crippen LogP contribution in [0.3, 0.4) is 0 Å². The van der Waals surface area contributed by atoms with Crippen LogP contribution in [0.5, 0.6) is 0 Å². The number of piperidine rings is 1. The number of amides is 1. The molecule has 1 aromatic rings. The van der Waals surface area contributed by atoms with Gasteiger partial charge in [-0.15, -0.1) is 0 Å². The molecule has 2 atom stereocenters. The van der Waals surface area contributed by atoms with Gasteiger partial charge in [0.25, 0.3) is 0 Å². The van der Waals surface area contributed by atoms with Crippen molar-refractivity contribution in [1.29, 1.82) is 0 Å². The number of nitrogens with zero attached hydrogens (tertiary/aromatic N) is 4. The maximum absolute atomic E-state index is 12.2. The Kier molecular flexibility index (Phi) is 4.70. The van der Waals surface area contributed by atoms with E-state index in [0.29, 0.717) is 6.54 Å². The second-order valence-electron chi connectivity index (χ2n) is 5.41. The van der Waals surface area contributed by atoms with Crippen molar-refractivity contribution in [2.75, 3.05) is 13.1 Å². The predicted molar refractivity (Wildman–Crippen MR) is 70.7 cm³/mol. The third-order valence-electron chi connectivity index (χ3n) is 3.88. The highest BCUT2D eigenvalue weighted by molar-refractivity contribution is 5.76. The smallest absolute Gasteiger partial charge is 0.303 e. The molecular weight excluding hydrogens is 260 g/mol. The molecule has 0 spiro atoms. The van der Waals surface area contributed by atoms with E-state index < -0.39 is 5.97 Å². The van der Waals surface area contributed by atoms with Crippen LogP contribution in [0.4, 0.5) is 0 Å². The van der Waals surface area contributed by atoms with Crippen LogP contribution in [-0.4, -0.2) is 49.7 Å². The van der Waals surface area contributed by atoms with Crippen molar-refractivity contribution in [2.24, 2.45) is 11.8 Å². The Labute approximate surface area is 117 Å². The van der Waals surface area contributed by atoms with Gasteiger partial charge in [-0.1, -0.05) is 6.92 Å². The average Bonchev–Trinajstić information content (AvgIpc) is 2.91. The summed E-state index contributed by atoms with van der Waals surface area (Å²) in [6.45, 7) is 3.52. The molecule has 1 aliphatic heterocycles. The van der Waals surface area contributed by atoms with Gasteiger partial charge in [-0.05, 0) is 24.7 Å². The molecule has 1 amide bonds. The van der Waals surface area contributed by atoms with Gasteiger partial charge in [-0.2, -0.15) is 5.10 Å². The Morgan fingerprint density at radius 1 is 1.50 bits per heavy atom. The highest BCUT2D eigenvalue weighted by Gasteiger charge is 2.28. The molecule has 1 N–H and O–H groups in total. The summed E-state index contributed by atoms with van der Waals surface area (Å²) >= 11 is 0. The van der Waals surface area contributed by atoms with E-state index in [2.05, 4.69) is 10.1 Å². The van der Waals surface area contributed by atoms with Crippen LogP contribution in [-0.2, 0) is 16.1 Å². The molecule has 20 heavy (non-hydrogen) atoms. The van der Waals surface area contributed by atoms with Crippen LogP contribution in [0, 0.1) is 11.8 Å². The summed E-state index contributed by atoms with van der Waals surface area (Å²) in [5.41, 5.74) is 0. The minimum Gasteiger partial charge on any atom is -0.481 e. The number of likely N-dealkylation sites (tertiary alicyclic amines) is 1. The first-order valence-corrected chi connectivity index (χ1v) is 6.88. The topological polar surface area (TPSA) is 88.3 Å². The fourth-order valence-corrected chi connectivity index (χ4v) is 2.70. The number of carbonyl (C=O) groups is 2. The largest absolute Gasteiger partial charge is 0.481 e. The van der Waals surface area contributed by atoms with Crippen molar-refractivity contribution in [2.45, 2.75) is 32.7 Å². The zero-order chi connectivity index (χ0) is 14.5. The monoisotopic (exact) mass is 280 g/mol. The van der Waals surface area contributed by atoms with Crippen LogP contribution < -0.4 is 0 Å². The van der Waals surface area contributed by atoms with Crippen molar-refractivity contribution in [3.8, 4) is 0 Å².